The molecule has 0 bridgehead atoms. The highest BCUT2D eigenvalue weighted by atomic mass is 32.2. The van der Waals surface area contributed by atoms with Gasteiger partial charge in [-0.2, -0.15) is 0 Å². The van der Waals surface area contributed by atoms with Crippen LogP contribution in [-0.2, 0) is 0 Å². The number of fused-ring (bicyclic) bond motifs is 6. The molecule has 0 saturated heterocycles. The van der Waals surface area contributed by atoms with Crippen LogP contribution in [0, 0.1) is 0 Å². The average molecular weight is 670 g/mol. The minimum Gasteiger partial charge on any atom is -0.458 e. The van der Waals surface area contributed by atoms with Crippen molar-refractivity contribution in [2.24, 2.45) is 0 Å². The van der Waals surface area contributed by atoms with Gasteiger partial charge in [-0.1, -0.05) is 115 Å². The van der Waals surface area contributed by atoms with Crippen LogP contribution < -0.4 is 30.8 Å². The van der Waals surface area contributed by atoms with E-state index >= 15 is 0 Å². The molecule has 3 aliphatic heterocycles. The third-order valence-corrected chi connectivity index (χ3v) is 11.5. The zero-order valence-corrected chi connectivity index (χ0v) is 28.2. The number of ether oxygens (including phenoxy) is 2. The summed E-state index contributed by atoms with van der Waals surface area (Å²) >= 11 is 1.85. The summed E-state index contributed by atoms with van der Waals surface area (Å²) in [6, 6.07) is 60.5. The second-order valence-electron chi connectivity index (χ2n) is 13.2. The molecule has 0 saturated carbocycles. The highest BCUT2D eigenvalue weighted by molar-refractivity contribution is 7.99. The van der Waals surface area contributed by atoms with Crippen LogP contribution in [-0.4, -0.2) is 6.71 Å². The minimum absolute atomic E-state index is 0.0110. The Labute approximate surface area is 300 Å². The molecule has 0 radical (unpaired) electrons. The highest BCUT2D eigenvalue weighted by Crippen LogP contribution is 2.52. The van der Waals surface area contributed by atoms with E-state index in [1.165, 1.54) is 48.3 Å². The lowest BCUT2D eigenvalue weighted by molar-refractivity contribution is 0.464. The molecule has 3 heterocycles. The van der Waals surface area contributed by atoms with E-state index in [1.807, 2.05) is 17.8 Å². The van der Waals surface area contributed by atoms with Crippen LogP contribution in [0.25, 0.3) is 33.0 Å². The fourth-order valence-electron chi connectivity index (χ4n) is 8.13. The number of para-hydroxylation sites is 2. The normalized spacial score (nSPS) is 12.9. The Morgan fingerprint density at radius 2 is 1.12 bits per heavy atom. The van der Waals surface area contributed by atoms with E-state index in [0.29, 0.717) is 0 Å². The summed E-state index contributed by atoms with van der Waals surface area (Å²) in [5, 5.41) is 2.49. The molecule has 0 aromatic heterocycles. The van der Waals surface area contributed by atoms with Crippen molar-refractivity contribution in [2.45, 2.75) is 9.79 Å². The van der Waals surface area contributed by atoms with Gasteiger partial charge in [-0.15, -0.1) is 0 Å². The second-order valence-corrected chi connectivity index (χ2v) is 14.3. The Kier molecular flexibility index (Phi) is 6.28. The van der Waals surface area contributed by atoms with Gasteiger partial charge in [-0.3, -0.25) is 0 Å². The first kappa shape index (κ1) is 28.7. The predicted molar refractivity (Wildman–Crippen MR) is 211 cm³/mol. The molecule has 0 spiro atoms. The molecule has 0 unspecified atom stereocenters. The molecule has 0 aliphatic carbocycles. The zero-order chi connectivity index (χ0) is 33.5. The Morgan fingerprint density at radius 1 is 0.451 bits per heavy atom. The predicted octanol–water partition coefficient (Wildman–Crippen LogP) is 10.8. The lowest BCUT2D eigenvalue weighted by Gasteiger charge is -2.34. The Hall–Kier alpha value is -6.17. The largest absolute Gasteiger partial charge is 0.458 e. The summed E-state index contributed by atoms with van der Waals surface area (Å²) < 4.78 is 13.3. The molecule has 3 aliphatic rings. The molecular formula is C46H28BNO2S. The SMILES string of the molecule is c1ccc(-c2ccc3c(c2)B2c4cc5c(cc4Oc4cccc(c42)O3)-c2ccc(N(c3ccccc3)c3ccccc3)c3cccc(c23)S5)cc1. The van der Waals surface area contributed by atoms with E-state index < -0.39 is 0 Å². The molecule has 0 N–H and O–H groups in total. The topological polar surface area (TPSA) is 21.7 Å². The Bertz CT molecular complexity index is 2640. The first-order valence-electron chi connectivity index (χ1n) is 17.3. The molecule has 238 valence electrons. The summed E-state index contributed by atoms with van der Waals surface area (Å²) in [7, 11) is 0. The van der Waals surface area contributed by atoms with Gasteiger partial charge < -0.3 is 14.4 Å². The van der Waals surface area contributed by atoms with E-state index in [0.717, 1.165) is 51.0 Å². The number of nitrogens with zero attached hydrogens (tertiary/aromatic N) is 1. The smallest absolute Gasteiger partial charge is 0.260 e. The monoisotopic (exact) mass is 669 g/mol. The fraction of sp³-hybridized carbons (Fsp3) is 0. The maximum atomic E-state index is 6.78. The van der Waals surface area contributed by atoms with Gasteiger partial charge in [-0.05, 0) is 99.9 Å². The lowest BCUT2D eigenvalue weighted by atomic mass is 9.34. The van der Waals surface area contributed by atoms with E-state index in [9.17, 15) is 0 Å². The van der Waals surface area contributed by atoms with Gasteiger partial charge in [0.2, 0.25) is 0 Å². The molecule has 8 aromatic rings. The van der Waals surface area contributed by atoms with Gasteiger partial charge in [0.05, 0.1) is 5.69 Å². The van der Waals surface area contributed by atoms with Crippen molar-refractivity contribution in [1.82, 2.24) is 0 Å². The van der Waals surface area contributed by atoms with E-state index in [1.54, 1.807) is 0 Å². The number of benzene rings is 8. The minimum atomic E-state index is -0.0110. The first-order valence-corrected chi connectivity index (χ1v) is 18.1. The Morgan fingerprint density at radius 3 is 1.86 bits per heavy atom. The molecule has 8 aromatic carbocycles. The summed E-state index contributed by atoms with van der Waals surface area (Å²) in [6.45, 7) is -0.0110. The molecule has 0 atom stereocenters. The van der Waals surface area contributed by atoms with Crippen molar-refractivity contribution < 1.29 is 9.47 Å². The molecule has 0 fully saturated rings. The molecule has 51 heavy (non-hydrogen) atoms. The average Bonchev–Trinajstić information content (AvgIpc) is 3.19. The van der Waals surface area contributed by atoms with Crippen LogP contribution in [0.5, 0.6) is 23.0 Å². The van der Waals surface area contributed by atoms with Crippen molar-refractivity contribution in [2.75, 3.05) is 4.90 Å². The third-order valence-electron chi connectivity index (χ3n) is 10.4. The Balaban J connectivity index is 1.09. The van der Waals surface area contributed by atoms with Crippen molar-refractivity contribution in [1.29, 1.82) is 0 Å². The van der Waals surface area contributed by atoms with Crippen LogP contribution in [0.1, 0.15) is 0 Å². The molecule has 11 rings (SSSR count). The van der Waals surface area contributed by atoms with E-state index in [-0.39, 0.29) is 6.71 Å². The molecule has 3 nitrogen and oxygen atoms in total. The van der Waals surface area contributed by atoms with Crippen LogP contribution >= 0.6 is 11.8 Å². The lowest BCUT2D eigenvalue weighted by Crippen LogP contribution is -2.57. The van der Waals surface area contributed by atoms with Gasteiger partial charge in [0.25, 0.3) is 6.71 Å². The van der Waals surface area contributed by atoms with Gasteiger partial charge in [0.1, 0.15) is 23.0 Å². The highest BCUT2D eigenvalue weighted by Gasteiger charge is 2.41. The van der Waals surface area contributed by atoms with Crippen molar-refractivity contribution in [3.63, 3.8) is 0 Å². The number of hydrogen-bond donors (Lipinski definition) is 0. The third kappa shape index (κ3) is 4.41. The van der Waals surface area contributed by atoms with Gasteiger partial charge in [0.15, 0.2) is 0 Å². The van der Waals surface area contributed by atoms with Gasteiger partial charge in [-0.25, -0.2) is 0 Å². The maximum absolute atomic E-state index is 6.78. The number of anilines is 3. The van der Waals surface area contributed by atoms with Crippen LogP contribution in [0.15, 0.2) is 180 Å². The van der Waals surface area contributed by atoms with Crippen molar-refractivity contribution in [3.8, 4) is 45.3 Å². The van der Waals surface area contributed by atoms with Crippen molar-refractivity contribution >= 4 is 62.7 Å². The second kappa shape index (κ2) is 11.2. The summed E-state index contributed by atoms with van der Waals surface area (Å²) in [4.78, 5) is 4.86. The van der Waals surface area contributed by atoms with Crippen LogP contribution in [0.4, 0.5) is 17.1 Å². The van der Waals surface area contributed by atoms with Crippen LogP contribution in [0.2, 0.25) is 0 Å². The van der Waals surface area contributed by atoms with Crippen LogP contribution in [0.3, 0.4) is 0 Å². The number of hydrogen-bond acceptors (Lipinski definition) is 4. The quantitative estimate of drug-likeness (QED) is 0.174. The summed E-state index contributed by atoms with van der Waals surface area (Å²) in [6.07, 6.45) is 0. The molecule has 5 heteroatoms. The summed E-state index contributed by atoms with van der Waals surface area (Å²) in [5.41, 5.74) is 11.6. The van der Waals surface area contributed by atoms with Gasteiger partial charge in [0, 0.05) is 37.4 Å². The maximum Gasteiger partial charge on any atom is 0.260 e. The number of rotatable bonds is 4. The molecular weight excluding hydrogens is 641 g/mol. The first-order chi connectivity index (χ1) is 25.3. The van der Waals surface area contributed by atoms with E-state index in [2.05, 4.69) is 169 Å². The van der Waals surface area contributed by atoms with Crippen molar-refractivity contribution in [3.05, 3.63) is 170 Å². The van der Waals surface area contributed by atoms with Gasteiger partial charge >= 0.3 is 0 Å². The van der Waals surface area contributed by atoms with E-state index in [4.69, 9.17) is 9.47 Å². The summed E-state index contributed by atoms with van der Waals surface area (Å²) in [5.74, 6) is 3.50. The fourth-order valence-corrected chi connectivity index (χ4v) is 9.30. The zero-order valence-electron chi connectivity index (χ0n) is 27.4. The standard InChI is InChI=1S/C46H28BNO2S/c1-4-12-29(13-5-1)30-22-25-39-36(26-30)47-37-28-44-35(27-42(37)50-41-20-11-19-40(49-39)46(41)47)33-23-24-38(34-18-10-21-43(51-44)45(33)34)48(31-14-6-2-7-15-31)32-16-8-3-9-17-32/h1-28H. The molecule has 0 amide bonds.